The van der Waals surface area contributed by atoms with Gasteiger partial charge < -0.3 is 13.6 Å². The molecular weight excluding hydrogens is 295 g/mol. The van der Waals surface area contributed by atoms with Crippen LogP contribution in [0.1, 0.15) is 99.3 Å². The quantitative estimate of drug-likeness (QED) is 0.302. The van der Waals surface area contributed by atoms with Gasteiger partial charge in [0.05, 0.1) is 18.3 Å². The number of hydrogen-bond donors (Lipinski definition) is 0. The van der Waals surface area contributed by atoms with E-state index in [0.29, 0.717) is 0 Å². The summed E-state index contributed by atoms with van der Waals surface area (Å²) in [7, 11) is -1.23. The number of hydrogen-bond acceptors (Lipinski definition) is 3. The largest absolute Gasteiger partial charge is 0.333 e. The first-order valence-electron chi connectivity index (χ1n) is 9.33. The van der Waals surface area contributed by atoms with E-state index in [0.717, 1.165) is 19.3 Å². The normalized spacial score (nSPS) is 17.2. The Bertz CT molecular complexity index is 200. The van der Waals surface area contributed by atoms with Crippen LogP contribution in [0, 0.1) is 0 Å². The molecule has 0 bridgehead atoms. The molecule has 3 nitrogen and oxygen atoms in total. The molecule has 0 amide bonds. The maximum atomic E-state index is 6.07. The van der Waals surface area contributed by atoms with Crippen molar-refractivity contribution in [3.05, 3.63) is 0 Å². The van der Waals surface area contributed by atoms with Gasteiger partial charge >= 0.3 is 8.60 Å². The maximum absolute atomic E-state index is 6.07. The van der Waals surface area contributed by atoms with E-state index in [1.165, 1.54) is 38.5 Å². The number of rotatable bonds is 15. The fourth-order valence-electron chi connectivity index (χ4n) is 2.15. The van der Waals surface area contributed by atoms with Crippen LogP contribution in [-0.2, 0) is 13.6 Å². The van der Waals surface area contributed by atoms with Gasteiger partial charge in [-0.05, 0) is 40.0 Å². The topological polar surface area (TPSA) is 27.7 Å². The Morgan fingerprint density at radius 1 is 0.591 bits per heavy atom. The van der Waals surface area contributed by atoms with E-state index in [2.05, 4.69) is 41.5 Å². The highest BCUT2D eigenvalue weighted by Crippen LogP contribution is 2.45. The standard InChI is InChI=1S/C18H39O3P/c1-7-10-13-16(4)19-22(20-17(5)14-11-8-2)21-18(6)15-12-9-3/h16-18H,7-15H2,1-6H3. The molecule has 0 heterocycles. The first kappa shape index (κ1) is 22.3. The minimum Gasteiger partial charge on any atom is -0.309 e. The molecule has 0 aliphatic rings. The molecule has 0 aliphatic carbocycles. The van der Waals surface area contributed by atoms with Gasteiger partial charge in [-0.1, -0.05) is 59.3 Å². The van der Waals surface area contributed by atoms with Crippen molar-refractivity contribution in [3.8, 4) is 0 Å². The van der Waals surface area contributed by atoms with E-state index < -0.39 is 8.60 Å². The minimum absolute atomic E-state index is 0.211. The van der Waals surface area contributed by atoms with Crippen LogP contribution in [-0.4, -0.2) is 18.3 Å². The zero-order valence-electron chi connectivity index (χ0n) is 15.8. The molecule has 3 atom stereocenters. The first-order chi connectivity index (χ1) is 10.5. The molecule has 0 aromatic carbocycles. The Labute approximate surface area is 140 Å². The zero-order chi connectivity index (χ0) is 16.8. The summed E-state index contributed by atoms with van der Waals surface area (Å²) in [6.45, 7) is 13.0. The summed E-state index contributed by atoms with van der Waals surface area (Å²) in [4.78, 5) is 0. The van der Waals surface area contributed by atoms with Crippen LogP contribution in [0.3, 0.4) is 0 Å². The highest BCUT2D eigenvalue weighted by molar-refractivity contribution is 7.41. The van der Waals surface area contributed by atoms with Gasteiger partial charge in [-0.25, -0.2) is 0 Å². The van der Waals surface area contributed by atoms with Crippen molar-refractivity contribution in [2.75, 3.05) is 0 Å². The van der Waals surface area contributed by atoms with Gasteiger partial charge in [-0.2, -0.15) is 0 Å². The molecule has 4 heteroatoms. The smallest absolute Gasteiger partial charge is 0.309 e. The van der Waals surface area contributed by atoms with Crippen molar-refractivity contribution < 1.29 is 13.6 Å². The molecular formula is C18H39O3P. The SMILES string of the molecule is CCCCC(C)OP(OC(C)CCCC)OC(C)CCCC. The summed E-state index contributed by atoms with van der Waals surface area (Å²) in [5.74, 6) is 0. The Hall–Kier alpha value is 0.310. The van der Waals surface area contributed by atoms with Crippen LogP contribution in [0.2, 0.25) is 0 Å². The average molecular weight is 334 g/mol. The fraction of sp³-hybridized carbons (Fsp3) is 1.00. The van der Waals surface area contributed by atoms with E-state index in [1.807, 2.05) is 0 Å². The summed E-state index contributed by atoms with van der Waals surface area (Å²) < 4.78 is 18.2. The van der Waals surface area contributed by atoms with Gasteiger partial charge in [-0.3, -0.25) is 0 Å². The summed E-state index contributed by atoms with van der Waals surface area (Å²) >= 11 is 0. The summed E-state index contributed by atoms with van der Waals surface area (Å²) in [6, 6.07) is 0. The second-order valence-corrected chi connectivity index (χ2v) is 7.48. The molecule has 0 aromatic rings. The van der Waals surface area contributed by atoms with Crippen molar-refractivity contribution in [2.45, 2.75) is 118 Å². The minimum atomic E-state index is -1.23. The van der Waals surface area contributed by atoms with Gasteiger partial charge in [-0.15, -0.1) is 0 Å². The second-order valence-electron chi connectivity index (χ2n) is 6.40. The summed E-state index contributed by atoms with van der Waals surface area (Å²) in [6.07, 6.45) is 11.1. The lowest BCUT2D eigenvalue weighted by Crippen LogP contribution is -2.15. The monoisotopic (exact) mass is 334 g/mol. The zero-order valence-corrected chi connectivity index (χ0v) is 16.7. The highest BCUT2D eigenvalue weighted by atomic mass is 31.2. The molecule has 0 saturated carbocycles. The third kappa shape index (κ3) is 12.8. The molecule has 0 rings (SSSR count). The first-order valence-corrected chi connectivity index (χ1v) is 10.4. The lowest BCUT2D eigenvalue weighted by Gasteiger charge is -2.26. The van der Waals surface area contributed by atoms with Gasteiger partial charge in [0.2, 0.25) is 0 Å². The Kier molecular flexibility index (Phi) is 15.1. The van der Waals surface area contributed by atoms with Gasteiger partial charge in [0.25, 0.3) is 0 Å². The Morgan fingerprint density at radius 3 is 1.09 bits per heavy atom. The summed E-state index contributed by atoms with van der Waals surface area (Å²) in [5.41, 5.74) is 0. The molecule has 0 saturated heterocycles. The van der Waals surface area contributed by atoms with Crippen LogP contribution in [0.4, 0.5) is 0 Å². The summed E-state index contributed by atoms with van der Waals surface area (Å²) in [5, 5.41) is 0. The molecule has 0 aromatic heterocycles. The molecule has 3 unspecified atom stereocenters. The van der Waals surface area contributed by atoms with Gasteiger partial charge in [0.15, 0.2) is 0 Å². The van der Waals surface area contributed by atoms with Crippen LogP contribution in [0.25, 0.3) is 0 Å². The third-order valence-corrected chi connectivity index (χ3v) is 5.29. The molecule has 0 N–H and O–H groups in total. The predicted molar refractivity (Wildman–Crippen MR) is 97.1 cm³/mol. The molecule has 0 fully saturated rings. The lowest BCUT2D eigenvalue weighted by atomic mass is 10.2. The molecule has 0 aliphatic heterocycles. The van der Waals surface area contributed by atoms with E-state index in [-0.39, 0.29) is 18.3 Å². The lowest BCUT2D eigenvalue weighted by molar-refractivity contribution is 0.0707. The average Bonchev–Trinajstić information content (AvgIpc) is 2.48. The van der Waals surface area contributed by atoms with Gasteiger partial charge in [0, 0.05) is 0 Å². The van der Waals surface area contributed by atoms with Crippen molar-refractivity contribution in [2.24, 2.45) is 0 Å². The second kappa shape index (κ2) is 14.9. The fourth-order valence-corrected chi connectivity index (χ4v) is 3.50. The highest BCUT2D eigenvalue weighted by Gasteiger charge is 2.22. The van der Waals surface area contributed by atoms with Crippen molar-refractivity contribution in [1.29, 1.82) is 0 Å². The van der Waals surface area contributed by atoms with Crippen LogP contribution >= 0.6 is 8.60 Å². The predicted octanol–water partition coefficient (Wildman–Crippen LogP) is 7.00. The Balaban J connectivity index is 4.34. The van der Waals surface area contributed by atoms with E-state index in [4.69, 9.17) is 13.6 Å². The third-order valence-electron chi connectivity index (χ3n) is 3.69. The van der Waals surface area contributed by atoms with Crippen LogP contribution < -0.4 is 0 Å². The molecule has 22 heavy (non-hydrogen) atoms. The van der Waals surface area contributed by atoms with E-state index >= 15 is 0 Å². The Morgan fingerprint density at radius 2 is 0.864 bits per heavy atom. The van der Waals surface area contributed by atoms with E-state index in [1.54, 1.807) is 0 Å². The van der Waals surface area contributed by atoms with Crippen LogP contribution in [0.5, 0.6) is 0 Å². The molecule has 134 valence electrons. The molecule has 0 spiro atoms. The van der Waals surface area contributed by atoms with Crippen LogP contribution in [0.15, 0.2) is 0 Å². The van der Waals surface area contributed by atoms with Crippen molar-refractivity contribution in [3.63, 3.8) is 0 Å². The molecule has 0 radical (unpaired) electrons. The van der Waals surface area contributed by atoms with Crippen molar-refractivity contribution in [1.82, 2.24) is 0 Å². The van der Waals surface area contributed by atoms with Crippen molar-refractivity contribution >= 4 is 8.60 Å². The van der Waals surface area contributed by atoms with E-state index in [9.17, 15) is 0 Å². The maximum Gasteiger partial charge on any atom is 0.333 e. The van der Waals surface area contributed by atoms with Gasteiger partial charge in [0.1, 0.15) is 0 Å². The number of unbranched alkanes of at least 4 members (excludes halogenated alkanes) is 3.